The average Bonchev–Trinajstić information content (AvgIpc) is 3.39. The maximum Gasteiger partial charge on any atom is 0.234 e. The number of nitrogens with one attached hydrogen (secondary N) is 1. The molecule has 7 nitrogen and oxygen atoms in total. The van der Waals surface area contributed by atoms with Gasteiger partial charge in [-0.25, -0.2) is 0 Å². The standard InChI is InChI=1S/C22H19BrN4O3S/c1-29-17-9-7-16(8-10-17)24-20(28)14-31-22-26-25-21(18-11-12-19(23)30-18)27(22)13-15-5-3-2-4-6-15/h2-12H,13-14H2,1H3,(H,24,28). The Morgan fingerprint density at radius 1 is 1.10 bits per heavy atom. The van der Waals surface area contributed by atoms with Gasteiger partial charge in [-0.1, -0.05) is 42.1 Å². The van der Waals surface area contributed by atoms with E-state index in [-0.39, 0.29) is 11.7 Å². The first-order valence-electron chi connectivity index (χ1n) is 9.42. The van der Waals surface area contributed by atoms with Gasteiger partial charge < -0.3 is 14.5 Å². The lowest BCUT2D eigenvalue weighted by Crippen LogP contribution is -2.14. The van der Waals surface area contributed by atoms with E-state index in [1.807, 2.05) is 47.0 Å². The summed E-state index contributed by atoms with van der Waals surface area (Å²) in [5.41, 5.74) is 1.80. The van der Waals surface area contributed by atoms with Gasteiger partial charge >= 0.3 is 0 Å². The van der Waals surface area contributed by atoms with Crippen molar-refractivity contribution in [2.45, 2.75) is 11.7 Å². The Labute approximate surface area is 191 Å². The summed E-state index contributed by atoms with van der Waals surface area (Å²) in [7, 11) is 1.60. The summed E-state index contributed by atoms with van der Waals surface area (Å²) in [6.07, 6.45) is 0. The fourth-order valence-electron chi connectivity index (χ4n) is 2.92. The molecule has 0 saturated heterocycles. The second-order valence-corrected chi connectivity index (χ2v) is 8.27. The molecule has 2 aromatic carbocycles. The first-order valence-corrected chi connectivity index (χ1v) is 11.2. The van der Waals surface area contributed by atoms with Gasteiger partial charge in [-0.3, -0.25) is 9.36 Å². The Hall–Kier alpha value is -3.04. The topological polar surface area (TPSA) is 82.2 Å². The van der Waals surface area contributed by atoms with E-state index in [0.29, 0.717) is 33.6 Å². The number of amides is 1. The fraction of sp³-hybridized carbons (Fsp3) is 0.136. The second kappa shape index (κ2) is 9.84. The summed E-state index contributed by atoms with van der Waals surface area (Å²) in [6, 6.07) is 20.8. The molecule has 0 radical (unpaired) electrons. The van der Waals surface area contributed by atoms with Crippen molar-refractivity contribution >= 4 is 39.3 Å². The summed E-state index contributed by atoms with van der Waals surface area (Å²) in [5.74, 6) is 2.00. The molecular weight excluding hydrogens is 480 g/mol. The van der Waals surface area contributed by atoms with Crippen molar-refractivity contribution in [1.82, 2.24) is 14.8 Å². The first-order chi connectivity index (χ1) is 15.1. The van der Waals surface area contributed by atoms with Crippen molar-refractivity contribution in [2.24, 2.45) is 0 Å². The minimum absolute atomic E-state index is 0.133. The van der Waals surface area contributed by atoms with E-state index >= 15 is 0 Å². The second-order valence-electron chi connectivity index (χ2n) is 6.55. The number of rotatable bonds is 8. The van der Waals surface area contributed by atoms with Gasteiger partial charge in [-0.15, -0.1) is 10.2 Å². The predicted molar refractivity (Wildman–Crippen MR) is 123 cm³/mol. The van der Waals surface area contributed by atoms with Crippen LogP contribution in [0.2, 0.25) is 0 Å². The van der Waals surface area contributed by atoms with Crippen LogP contribution < -0.4 is 10.1 Å². The highest BCUT2D eigenvalue weighted by atomic mass is 79.9. The maximum absolute atomic E-state index is 12.4. The monoisotopic (exact) mass is 498 g/mol. The van der Waals surface area contributed by atoms with Crippen LogP contribution >= 0.6 is 27.7 Å². The summed E-state index contributed by atoms with van der Waals surface area (Å²) in [5, 5.41) is 12.1. The largest absolute Gasteiger partial charge is 0.497 e. The van der Waals surface area contributed by atoms with Crippen molar-refractivity contribution in [3.8, 4) is 17.3 Å². The van der Waals surface area contributed by atoms with Gasteiger partial charge in [0.15, 0.2) is 15.6 Å². The van der Waals surface area contributed by atoms with E-state index in [9.17, 15) is 4.79 Å². The SMILES string of the molecule is COc1ccc(NC(=O)CSc2nnc(-c3ccc(Br)o3)n2Cc2ccccc2)cc1. The van der Waals surface area contributed by atoms with Gasteiger partial charge in [0, 0.05) is 5.69 Å². The zero-order valence-corrected chi connectivity index (χ0v) is 19.0. The number of carbonyl (C=O) groups is 1. The quantitative estimate of drug-likeness (QED) is 0.340. The van der Waals surface area contributed by atoms with E-state index in [1.165, 1.54) is 11.8 Å². The van der Waals surface area contributed by atoms with Gasteiger partial charge in [-0.2, -0.15) is 0 Å². The highest BCUT2D eigenvalue weighted by Crippen LogP contribution is 2.28. The van der Waals surface area contributed by atoms with Crippen LogP contribution in [0.15, 0.2) is 81.0 Å². The highest BCUT2D eigenvalue weighted by molar-refractivity contribution is 9.10. The Balaban J connectivity index is 1.50. The number of hydrogen-bond acceptors (Lipinski definition) is 6. The summed E-state index contributed by atoms with van der Waals surface area (Å²) < 4.78 is 13.4. The molecule has 0 fully saturated rings. The molecule has 0 spiro atoms. The Kier molecular flexibility index (Phi) is 6.73. The van der Waals surface area contributed by atoms with Crippen LogP contribution in [0.4, 0.5) is 5.69 Å². The van der Waals surface area contributed by atoms with Crippen molar-refractivity contribution in [1.29, 1.82) is 0 Å². The number of nitrogens with zero attached hydrogens (tertiary/aromatic N) is 3. The van der Waals surface area contributed by atoms with Crippen LogP contribution in [0.1, 0.15) is 5.56 Å². The summed E-state index contributed by atoms with van der Waals surface area (Å²) >= 11 is 4.65. The van der Waals surface area contributed by atoms with E-state index in [2.05, 4.69) is 31.4 Å². The number of benzene rings is 2. The van der Waals surface area contributed by atoms with E-state index in [4.69, 9.17) is 9.15 Å². The lowest BCUT2D eigenvalue weighted by molar-refractivity contribution is -0.113. The number of hydrogen-bond donors (Lipinski definition) is 1. The molecule has 1 N–H and O–H groups in total. The van der Waals surface area contributed by atoms with Gasteiger partial charge in [0.2, 0.25) is 11.7 Å². The molecule has 0 aliphatic heterocycles. The van der Waals surface area contributed by atoms with Crippen molar-refractivity contribution in [3.05, 3.63) is 77.0 Å². The molecule has 0 atom stereocenters. The van der Waals surface area contributed by atoms with Crippen LogP contribution in [0.25, 0.3) is 11.6 Å². The molecule has 4 aromatic rings. The number of carbonyl (C=O) groups excluding carboxylic acids is 1. The Morgan fingerprint density at radius 3 is 2.55 bits per heavy atom. The minimum atomic E-state index is -0.133. The number of thioether (sulfide) groups is 1. The molecule has 31 heavy (non-hydrogen) atoms. The molecule has 2 heterocycles. The van der Waals surface area contributed by atoms with E-state index in [1.54, 1.807) is 31.4 Å². The molecule has 1 amide bonds. The van der Waals surface area contributed by atoms with Gasteiger partial charge in [-0.05, 0) is 57.9 Å². The lowest BCUT2D eigenvalue weighted by atomic mass is 10.2. The molecule has 0 bridgehead atoms. The normalized spacial score (nSPS) is 10.8. The highest BCUT2D eigenvalue weighted by Gasteiger charge is 2.18. The number of halogens is 1. The first kappa shape index (κ1) is 21.2. The average molecular weight is 499 g/mol. The summed E-state index contributed by atoms with van der Waals surface area (Å²) in [6.45, 7) is 0.559. The van der Waals surface area contributed by atoms with Gasteiger partial charge in [0.1, 0.15) is 5.75 Å². The molecule has 4 rings (SSSR count). The molecule has 2 aromatic heterocycles. The van der Waals surface area contributed by atoms with Crippen LogP contribution in [0, 0.1) is 0 Å². The molecule has 0 saturated carbocycles. The molecule has 0 aliphatic rings. The molecular formula is C22H19BrN4O3S. The van der Waals surface area contributed by atoms with Gasteiger partial charge in [0.05, 0.1) is 19.4 Å². The molecule has 158 valence electrons. The molecule has 9 heteroatoms. The lowest BCUT2D eigenvalue weighted by Gasteiger charge is -2.10. The third-order valence-electron chi connectivity index (χ3n) is 4.40. The van der Waals surface area contributed by atoms with Crippen LogP contribution in [-0.2, 0) is 11.3 Å². The molecule has 0 unspecified atom stereocenters. The van der Waals surface area contributed by atoms with E-state index in [0.717, 1.165) is 11.3 Å². The van der Waals surface area contributed by atoms with Crippen LogP contribution in [0.5, 0.6) is 5.75 Å². The predicted octanol–water partition coefficient (Wildman–Crippen LogP) is 5.09. The maximum atomic E-state index is 12.4. The number of methoxy groups -OCH3 is 1. The van der Waals surface area contributed by atoms with Crippen LogP contribution in [0.3, 0.4) is 0 Å². The minimum Gasteiger partial charge on any atom is -0.497 e. The van der Waals surface area contributed by atoms with Crippen molar-refractivity contribution in [3.63, 3.8) is 0 Å². The summed E-state index contributed by atoms with van der Waals surface area (Å²) in [4.78, 5) is 12.4. The van der Waals surface area contributed by atoms with E-state index < -0.39 is 0 Å². The number of anilines is 1. The smallest absolute Gasteiger partial charge is 0.234 e. The van der Waals surface area contributed by atoms with Crippen molar-refractivity contribution < 1.29 is 13.9 Å². The Morgan fingerprint density at radius 2 is 1.87 bits per heavy atom. The van der Waals surface area contributed by atoms with Crippen molar-refractivity contribution in [2.75, 3.05) is 18.2 Å². The third-order valence-corrected chi connectivity index (χ3v) is 5.79. The number of aromatic nitrogens is 3. The fourth-order valence-corrected chi connectivity index (χ4v) is 3.97. The zero-order valence-electron chi connectivity index (χ0n) is 16.6. The third kappa shape index (κ3) is 5.36. The zero-order chi connectivity index (χ0) is 21.6. The number of furan rings is 1. The Bertz CT molecular complexity index is 1160. The molecule has 0 aliphatic carbocycles. The van der Waals surface area contributed by atoms with Gasteiger partial charge in [0.25, 0.3) is 0 Å². The van der Waals surface area contributed by atoms with Crippen LogP contribution in [-0.4, -0.2) is 33.5 Å². The number of ether oxygens (including phenoxy) is 1.